The first-order valence-corrected chi connectivity index (χ1v) is 8.34. The summed E-state index contributed by atoms with van der Waals surface area (Å²) in [6.07, 6.45) is 9.63. The molecule has 2 aromatic heterocycles. The van der Waals surface area contributed by atoms with Gasteiger partial charge in [0.1, 0.15) is 0 Å². The SMILES string of the molecule is CNC(Cc1ccncc1Cl)c1cc2c(s1)CCCC2. The molecule has 0 fully saturated rings. The monoisotopic (exact) mass is 306 g/mol. The number of halogens is 1. The lowest BCUT2D eigenvalue weighted by atomic mass is 9.98. The van der Waals surface area contributed by atoms with Gasteiger partial charge in [0.15, 0.2) is 0 Å². The zero-order chi connectivity index (χ0) is 13.9. The Morgan fingerprint density at radius 3 is 3.00 bits per heavy atom. The molecule has 4 heteroatoms. The average Bonchev–Trinajstić information content (AvgIpc) is 2.90. The topological polar surface area (TPSA) is 24.9 Å². The fourth-order valence-electron chi connectivity index (χ4n) is 2.82. The van der Waals surface area contributed by atoms with Gasteiger partial charge in [-0.3, -0.25) is 4.98 Å². The van der Waals surface area contributed by atoms with Gasteiger partial charge in [-0.1, -0.05) is 11.6 Å². The molecular formula is C16H19ClN2S. The summed E-state index contributed by atoms with van der Waals surface area (Å²) in [6, 6.07) is 4.75. The Hall–Kier alpha value is -0.900. The van der Waals surface area contributed by atoms with Crippen LogP contribution < -0.4 is 5.32 Å². The summed E-state index contributed by atoms with van der Waals surface area (Å²) < 4.78 is 0. The highest BCUT2D eigenvalue weighted by Gasteiger charge is 2.19. The molecule has 0 amide bonds. The maximum absolute atomic E-state index is 6.23. The van der Waals surface area contributed by atoms with Gasteiger partial charge >= 0.3 is 0 Å². The molecule has 0 radical (unpaired) electrons. The minimum atomic E-state index is 0.338. The number of likely N-dealkylation sites (N-methyl/N-ethyl adjacent to an activating group) is 1. The maximum Gasteiger partial charge on any atom is 0.0622 e. The van der Waals surface area contributed by atoms with Crippen LogP contribution in [0.4, 0.5) is 0 Å². The van der Waals surface area contributed by atoms with Crippen molar-refractivity contribution < 1.29 is 0 Å². The molecule has 1 aliphatic rings. The first-order chi connectivity index (χ1) is 9.78. The van der Waals surface area contributed by atoms with Crippen molar-refractivity contribution in [3.05, 3.63) is 50.4 Å². The molecule has 20 heavy (non-hydrogen) atoms. The summed E-state index contributed by atoms with van der Waals surface area (Å²) in [6.45, 7) is 0. The molecule has 0 aromatic carbocycles. The Labute approximate surface area is 129 Å². The van der Waals surface area contributed by atoms with Gasteiger partial charge in [-0.25, -0.2) is 0 Å². The molecule has 0 bridgehead atoms. The van der Waals surface area contributed by atoms with E-state index in [-0.39, 0.29) is 0 Å². The fraction of sp³-hybridized carbons (Fsp3) is 0.438. The lowest BCUT2D eigenvalue weighted by Crippen LogP contribution is -2.17. The molecule has 0 saturated carbocycles. The van der Waals surface area contributed by atoms with Crippen LogP contribution in [0.1, 0.15) is 39.8 Å². The maximum atomic E-state index is 6.23. The summed E-state index contributed by atoms with van der Waals surface area (Å²) in [5.74, 6) is 0. The molecule has 3 rings (SSSR count). The van der Waals surface area contributed by atoms with Crippen molar-refractivity contribution in [1.82, 2.24) is 10.3 Å². The van der Waals surface area contributed by atoms with Crippen LogP contribution in [0, 0.1) is 0 Å². The average molecular weight is 307 g/mol. The highest BCUT2D eigenvalue weighted by molar-refractivity contribution is 7.12. The molecule has 0 spiro atoms. The van der Waals surface area contributed by atoms with E-state index in [0.717, 1.165) is 17.0 Å². The zero-order valence-electron chi connectivity index (χ0n) is 11.7. The summed E-state index contributed by atoms with van der Waals surface area (Å²) >= 11 is 8.20. The van der Waals surface area contributed by atoms with Crippen LogP contribution in [0.15, 0.2) is 24.5 Å². The summed E-state index contributed by atoms with van der Waals surface area (Å²) in [5.41, 5.74) is 2.73. The van der Waals surface area contributed by atoms with E-state index in [9.17, 15) is 0 Å². The van der Waals surface area contributed by atoms with Crippen molar-refractivity contribution in [3.63, 3.8) is 0 Å². The van der Waals surface area contributed by atoms with E-state index in [2.05, 4.69) is 16.4 Å². The molecule has 0 saturated heterocycles. The zero-order valence-corrected chi connectivity index (χ0v) is 13.2. The minimum Gasteiger partial charge on any atom is -0.312 e. The van der Waals surface area contributed by atoms with Crippen LogP contribution in [0.25, 0.3) is 0 Å². The van der Waals surface area contributed by atoms with Gasteiger partial charge in [-0.05, 0) is 62.4 Å². The Morgan fingerprint density at radius 1 is 1.40 bits per heavy atom. The van der Waals surface area contributed by atoms with Crippen LogP contribution in [0.5, 0.6) is 0 Å². The lowest BCUT2D eigenvalue weighted by Gasteiger charge is -2.15. The molecule has 2 heterocycles. The van der Waals surface area contributed by atoms with Crippen molar-refractivity contribution in [2.75, 3.05) is 7.05 Å². The molecule has 0 aliphatic heterocycles. The van der Waals surface area contributed by atoms with E-state index in [1.54, 1.807) is 16.6 Å². The largest absolute Gasteiger partial charge is 0.312 e. The van der Waals surface area contributed by atoms with Gasteiger partial charge in [-0.15, -0.1) is 11.3 Å². The van der Waals surface area contributed by atoms with Crippen LogP contribution in [-0.4, -0.2) is 12.0 Å². The van der Waals surface area contributed by atoms with Crippen LogP contribution in [-0.2, 0) is 19.3 Å². The van der Waals surface area contributed by atoms with E-state index < -0.39 is 0 Å². The van der Waals surface area contributed by atoms with Crippen LogP contribution in [0.2, 0.25) is 5.02 Å². The van der Waals surface area contributed by atoms with Crippen molar-refractivity contribution in [3.8, 4) is 0 Å². The number of nitrogens with zero attached hydrogens (tertiary/aromatic N) is 1. The van der Waals surface area contributed by atoms with Crippen molar-refractivity contribution in [2.45, 2.75) is 38.1 Å². The molecule has 1 unspecified atom stereocenters. The van der Waals surface area contributed by atoms with E-state index in [4.69, 9.17) is 11.6 Å². The number of fused-ring (bicyclic) bond motifs is 1. The number of aromatic nitrogens is 1. The molecule has 2 aromatic rings. The van der Waals surface area contributed by atoms with E-state index in [1.165, 1.54) is 30.6 Å². The second-order valence-electron chi connectivity index (χ2n) is 5.32. The second kappa shape index (κ2) is 6.25. The lowest BCUT2D eigenvalue weighted by molar-refractivity contribution is 0.601. The number of aryl methyl sites for hydroxylation is 2. The highest BCUT2D eigenvalue weighted by atomic mass is 35.5. The number of rotatable bonds is 4. The first-order valence-electron chi connectivity index (χ1n) is 7.15. The van der Waals surface area contributed by atoms with E-state index >= 15 is 0 Å². The van der Waals surface area contributed by atoms with Gasteiger partial charge < -0.3 is 5.32 Å². The summed E-state index contributed by atoms with van der Waals surface area (Å²) in [4.78, 5) is 7.08. The van der Waals surface area contributed by atoms with Gasteiger partial charge in [0.2, 0.25) is 0 Å². The third kappa shape index (κ3) is 2.90. The smallest absolute Gasteiger partial charge is 0.0622 e. The fourth-order valence-corrected chi connectivity index (χ4v) is 4.38. The Morgan fingerprint density at radius 2 is 2.25 bits per heavy atom. The van der Waals surface area contributed by atoms with Gasteiger partial charge in [0.25, 0.3) is 0 Å². The standard InChI is InChI=1S/C16H19ClN2S/c1-18-14(8-11-6-7-19-10-13(11)17)16-9-12-4-2-3-5-15(12)20-16/h6-7,9-10,14,18H,2-5,8H2,1H3. The first kappa shape index (κ1) is 14.1. The Kier molecular flexibility index (Phi) is 4.39. The number of pyridine rings is 1. The summed E-state index contributed by atoms with van der Waals surface area (Å²) in [5, 5.41) is 4.19. The molecular weight excluding hydrogens is 288 g/mol. The molecule has 1 atom stereocenters. The third-order valence-corrected chi connectivity index (χ3v) is 5.68. The number of nitrogens with one attached hydrogen (secondary N) is 1. The van der Waals surface area contributed by atoms with Crippen molar-refractivity contribution in [1.29, 1.82) is 0 Å². The molecule has 1 N–H and O–H groups in total. The Balaban J connectivity index is 1.83. The van der Waals surface area contributed by atoms with E-state index in [0.29, 0.717) is 6.04 Å². The van der Waals surface area contributed by atoms with Gasteiger partial charge in [0.05, 0.1) is 5.02 Å². The van der Waals surface area contributed by atoms with E-state index in [1.807, 2.05) is 30.6 Å². The van der Waals surface area contributed by atoms with Crippen molar-refractivity contribution >= 4 is 22.9 Å². The van der Waals surface area contributed by atoms with Crippen molar-refractivity contribution in [2.24, 2.45) is 0 Å². The number of hydrogen-bond donors (Lipinski definition) is 1. The van der Waals surface area contributed by atoms with Gasteiger partial charge in [0, 0.05) is 28.2 Å². The second-order valence-corrected chi connectivity index (χ2v) is 6.89. The molecule has 106 valence electrons. The summed E-state index contributed by atoms with van der Waals surface area (Å²) in [7, 11) is 2.03. The molecule has 2 nitrogen and oxygen atoms in total. The van der Waals surface area contributed by atoms with Crippen LogP contribution in [0.3, 0.4) is 0 Å². The predicted octanol–water partition coefficient (Wildman–Crippen LogP) is 4.18. The predicted molar refractivity (Wildman–Crippen MR) is 85.7 cm³/mol. The number of hydrogen-bond acceptors (Lipinski definition) is 3. The number of thiophene rings is 1. The van der Waals surface area contributed by atoms with Crippen LogP contribution >= 0.6 is 22.9 Å². The highest BCUT2D eigenvalue weighted by Crippen LogP contribution is 2.34. The quantitative estimate of drug-likeness (QED) is 0.916. The Bertz CT molecular complexity index is 570. The minimum absolute atomic E-state index is 0.338. The third-order valence-electron chi connectivity index (χ3n) is 3.99. The molecule has 1 aliphatic carbocycles. The van der Waals surface area contributed by atoms with Gasteiger partial charge in [-0.2, -0.15) is 0 Å². The normalized spacial score (nSPS) is 15.9.